The molecular weight excluding hydrogens is 294 g/mol. The van der Waals surface area contributed by atoms with Crippen molar-refractivity contribution in [3.8, 4) is 5.75 Å². The molecule has 2 aromatic rings. The number of aliphatic hydroxyl groups is 1. The van der Waals surface area contributed by atoms with Crippen molar-refractivity contribution >= 4 is 11.8 Å². The Bertz CT molecular complexity index is 616. The van der Waals surface area contributed by atoms with E-state index >= 15 is 0 Å². The van der Waals surface area contributed by atoms with Gasteiger partial charge in [0.2, 0.25) is 0 Å². The van der Waals surface area contributed by atoms with Crippen molar-refractivity contribution in [1.29, 1.82) is 0 Å². The number of thioether (sulfide) groups is 1. The first kappa shape index (κ1) is 16.9. The van der Waals surface area contributed by atoms with E-state index in [0.717, 1.165) is 27.3 Å². The monoisotopic (exact) mass is 317 g/mol. The molecule has 0 amide bonds. The third kappa shape index (κ3) is 4.26. The van der Waals surface area contributed by atoms with Crippen molar-refractivity contribution in [2.75, 3.05) is 19.9 Å². The van der Waals surface area contributed by atoms with Gasteiger partial charge in [-0.2, -0.15) is 0 Å². The average molecular weight is 317 g/mol. The first-order chi connectivity index (χ1) is 10.7. The Morgan fingerprint density at radius 3 is 2.68 bits per heavy atom. The lowest BCUT2D eigenvalue weighted by molar-refractivity contribution is 0.173. The molecule has 0 aliphatic carbocycles. The molecule has 0 spiro atoms. The third-order valence-corrected chi connectivity index (χ3v) is 4.44. The highest BCUT2D eigenvalue weighted by molar-refractivity contribution is 7.98. The van der Waals surface area contributed by atoms with Crippen molar-refractivity contribution < 1.29 is 9.84 Å². The van der Waals surface area contributed by atoms with Gasteiger partial charge in [-0.05, 0) is 42.0 Å². The summed E-state index contributed by atoms with van der Waals surface area (Å²) in [6.07, 6.45) is 1.54. The van der Waals surface area contributed by atoms with Crippen molar-refractivity contribution in [2.24, 2.45) is 0 Å². The number of benzene rings is 2. The van der Waals surface area contributed by atoms with E-state index in [2.05, 4.69) is 17.4 Å². The molecule has 0 bridgehead atoms. The van der Waals surface area contributed by atoms with Gasteiger partial charge in [-0.3, -0.25) is 0 Å². The van der Waals surface area contributed by atoms with Gasteiger partial charge in [0.05, 0.1) is 13.2 Å². The van der Waals surface area contributed by atoms with Gasteiger partial charge in [-0.25, -0.2) is 0 Å². The largest absolute Gasteiger partial charge is 0.496 e. The van der Waals surface area contributed by atoms with Crippen molar-refractivity contribution in [3.63, 3.8) is 0 Å². The van der Waals surface area contributed by atoms with Crippen LogP contribution in [0.3, 0.4) is 0 Å². The molecule has 2 aromatic carbocycles. The van der Waals surface area contributed by atoms with Gasteiger partial charge in [-0.1, -0.05) is 30.3 Å². The zero-order chi connectivity index (χ0) is 15.9. The van der Waals surface area contributed by atoms with Crippen LogP contribution in [0.15, 0.2) is 47.4 Å². The molecule has 2 rings (SSSR count). The van der Waals surface area contributed by atoms with E-state index in [1.54, 1.807) is 18.9 Å². The lowest BCUT2D eigenvalue weighted by atomic mass is 10.0. The lowest BCUT2D eigenvalue weighted by Gasteiger charge is -2.15. The van der Waals surface area contributed by atoms with Gasteiger partial charge < -0.3 is 15.2 Å². The first-order valence-electron chi connectivity index (χ1n) is 7.31. The van der Waals surface area contributed by atoms with Crippen LogP contribution in [0.2, 0.25) is 0 Å². The summed E-state index contributed by atoms with van der Waals surface area (Å²) in [5, 5.41) is 13.6. The highest BCUT2D eigenvalue weighted by Gasteiger charge is 2.09. The molecule has 0 fully saturated rings. The fourth-order valence-corrected chi connectivity index (χ4v) is 2.96. The van der Waals surface area contributed by atoms with Crippen molar-refractivity contribution in [1.82, 2.24) is 5.32 Å². The standard InChI is InChI=1S/C18H23NO2S/c1-13-6-4-5-7-15(13)16(20)12-19-11-14-8-9-18(22-3)17(10-14)21-2/h4-10,16,19-20H,11-12H2,1-3H3. The summed E-state index contributed by atoms with van der Waals surface area (Å²) in [6, 6.07) is 14.1. The van der Waals surface area contributed by atoms with E-state index in [0.29, 0.717) is 13.1 Å². The van der Waals surface area contributed by atoms with Gasteiger partial charge >= 0.3 is 0 Å². The number of aryl methyl sites for hydroxylation is 1. The van der Waals surface area contributed by atoms with Crippen LogP contribution < -0.4 is 10.1 Å². The maximum atomic E-state index is 10.3. The molecule has 0 radical (unpaired) electrons. The molecule has 0 aliphatic heterocycles. The normalized spacial score (nSPS) is 12.2. The van der Waals surface area contributed by atoms with E-state index in [9.17, 15) is 5.11 Å². The van der Waals surface area contributed by atoms with Crippen LogP contribution in [0.5, 0.6) is 5.75 Å². The van der Waals surface area contributed by atoms with Crippen LogP contribution in [0.4, 0.5) is 0 Å². The molecule has 2 N–H and O–H groups in total. The van der Waals surface area contributed by atoms with Gasteiger partial charge in [0, 0.05) is 18.0 Å². The van der Waals surface area contributed by atoms with Crippen LogP contribution in [0.1, 0.15) is 22.8 Å². The van der Waals surface area contributed by atoms with Crippen LogP contribution in [0.25, 0.3) is 0 Å². The van der Waals surface area contributed by atoms with E-state index in [1.165, 1.54) is 0 Å². The lowest BCUT2D eigenvalue weighted by Crippen LogP contribution is -2.21. The minimum atomic E-state index is -0.492. The zero-order valence-corrected chi connectivity index (χ0v) is 14.1. The second-order valence-corrected chi connectivity index (χ2v) is 6.04. The number of ether oxygens (including phenoxy) is 1. The Morgan fingerprint density at radius 2 is 2.00 bits per heavy atom. The molecule has 1 atom stereocenters. The Balaban J connectivity index is 1.92. The topological polar surface area (TPSA) is 41.5 Å². The van der Waals surface area contributed by atoms with Crippen LogP contribution >= 0.6 is 11.8 Å². The fraction of sp³-hybridized carbons (Fsp3) is 0.333. The Labute approximate surface area is 136 Å². The number of methoxy groups -OCH3 is 1. The van der Waals surface area contributed by atoms with Crippen LogP contribution in [0, 0.1) is 6.92 Å². The number of hydrogen-bond donors (Lipinski definition) is 2. The van der Waals surface area contributed by atoms with Gasteiger partial charge in [0.25, 0.3) is 0 Å². The second kappa shape index (κ2) is 8.22. The van der Waals surface area contributed by atoms with Crippen molar-refractivity contribution in [2.45, 2.75) is 24.5 Å². The molecule has 0 aromatic heterocycles. The summed E-state index contributed by atoms with van der Waals surface area (Å²) in [5.41, 5.74) is 3.24. The summed E-state index contributed by atoms with van der Waals surface area (Å²) < 4.78 is 5.39. The van der Waals surface area contributed by atoms with E-state index in [1.807, 2.05) is 43.5 Å². The molecule has 4 heteroatoms. The van der Waals surface area contributed by atoms with E-state index in [-0.39, 0.29) is 0 Å². The minimum absolute atomic E-state index is 0.492. The number of rotatable bonds is 7. The molecule has 3 nitrogen and oxygen atoms in total. The molecule has 0 saturated carbocycles. The Hall–Kier alpha value is -1.49. The maximum Gasteiger partial charge on any atom is 0.132 e. The summed E-state index contributed by atoms with van der Waals surface area (Å²) in [6.45, 7) is 3.25. The molecule has 0 heterocycles. The Kier molecular flexibility index (Phi) is 6.31. The highest BCUT2D eigenvalue weighted by atomic mass is 32.2. The number of aliphatic hydroxyl groups excluding tert-OH is 1. The summed E-state index contributed by atoms with van der Waals surface area (Å²) >= 11 is 1.67. The Morgan fingerprint density at radius 1 is 1.23 bits per heavy atom. The first-order valence-corrected chi connectivity index (χ1v) is 8.53. The predicted molar refractivity (Wildman–Crippen MR) is 92.6 cm³/mol. The van der Waals surface area contributed by atoms with Crippen LogP contribution in [-0.2, 0) is 6.54 Å². The van der Waals surface area contributed by atoms with Gasteiger partial charge in [0.15, 0.2) is 0 Å². The second-order valence-electron chi connectivity index (χ2n) is 5.19. The van der Waals surface area contributed by atoms with Crippen LogP contribution in [-0.4, -0.2) is 25.0 Å². The van der Waals surface area contributed by atoms with E-state index < -0.39 is 6.10 Å². The van der Waals surface area contributed by atoms with Gasteiger partial charge in [0.1, 0.15) is 5.75 Å². The third-order valence-electron chi connectivity index (χ3n) is 3.66. The van der Waals surface area contributed by atoms with Gasteiger partial charge in [-0.15, -0.1) is 11.8 Å². The molecule has 0 aliphatic rings. The molecule has 0 saturated heterocycles. The minimum Gasteiger partial charge on any atom is -0.496 e. The number of hydrogen-bond acceptors (Lipinski definition) is 4. The molecule has 22 heavy (non-hydrogen) atoms. The molecule has 118 valence electrons. The van der Waals surface area contributed by atoms with E-state index in [4.69, 9.17) is 4.74 Å². The quantitative estimate of drug-likeness (QED) is 0.766. The molecule has 1 unspecified atom stereocenters. The average Bonchev–Trinajstić information content (AvgIpc) is 2.55. The molecular formula is C18H23NO2S. The smallest absolute Gasteiger partial charge is 0.132 e. The highest BCUT2D eigenvalue weighted by Crippen LogP contribution is 2.28. The summed E-state index contributed by atoms with van der Waals surface area (Å²) in [5.74, 6) is 0.895. The zero-order valence-electron chi connectivity index (χ0n) is 13.3. The summed E-state index contributed by atoms with van der Waals surface area (Å²) in [7, 11) is 1.69. The SMILES string of the molecule is COc1cc(CNCC(O)c2ccccc2C)ccc1SC. The fourth-order valence-electron chi connectivity index (χ4n) is 2.41. The summed E-state index contributed by atoms with van der Waals surface area (Å²) in [4.78, 5) is 1.13. The number of nitrogens with one attached hydrogen (secondary N) is 1. The predicted octanol–water partition coefficient (Wildman–Crippen LogP) is 3.55. The van der Waals surface area contributed by atoms with Crippen molar-refractivity contribution in [3.05, 3.63) is 59.2 Å². The maximum absolute atomic E-state index is 10.3.